The van der Waals surface area contributed by atoms with Gasteiger partial charge in [0.15, 0.2) is 0 Å². The first-order valence-corrected chi connectivity index (χ1v) is 9.19. The third kappa shape index (κ3) is 4.05. The molecule has 2 aromatic rings. The molecule has 3 nitrogen and oxygen atoms in total. The van der Waals surface area contributed by atoms with Gasteiger partial charge in [0.2, 0.25) is 0 Å². The maximum Gasteiger partial charge on any atom is 0.310 e. The Labute approximate surface area is 163 Å². The number of ether oxygens (including phenoxy) is 2. The van der Waals surface area contributed by atoms with E-state index in [0.717, 1.165) is 11.3 Å². The van der Waals surface area contributed by atoms with Gasteiger partial charge in [0.25, 0.3) is 0 Å². The van der Waals surface area contributed by atoms with Crippen molar-refractivity contribution in [3.05, 3.63) is 70.7 Å². The van der Waals surface area contributed by atoms with Crippen LogP contribution >= 0.6 is 23.2 Å². The predicted octanol–water partition coefficient (Wildman–Crippen LogP) is 6.11. The van der Waals surface area contributed by atoms with E-state index in [9.17, 15) is 4.79 Å². The van der Waals surface area contributed by atoms with E-state index >= 15 is 0 Å². The van der Waals surface area contributed by atoms with Crippen LogP contribution in [0.15, 0.2) is 65.2 Å². The van der Waals surface area contributed by atoms with Gasteiger partial charge in [-0.15, -0.1) is 0 Å². The van der Waals surface area contributed by atoms with Crippen molar-refractivity contribution in [2.24, 2.45) is 17.3 Å². The fourth-order valence-corrected chi connectivity index (χ4v) is 3.77. The first-order chi connectivity index (χ1) is 12.4. The molecule has 2 unspecified atom stereocenters. The Hall–Kier alpha value is -1.97. The number of benzene rings is 2. The molecule has 0 aliphatic heterocycles. The summed E-state index contributed by atoms with van der Waals surface area (Å²) >= 11 is 11.8. The van der Waals surface area contributed by atoms with Gasteiger partial charge in [-0.2, -0.15) is 0 Å². The molecule has 1 aliphatic carbocycles. The van der Waals surface area contributed by atoms with Crippen molar-refractivity contribution in [2.45, 2.75) is 20.5 Å². The number of hydrogen-bond acceptors (Lipinski definition) is 3. The topological polar surface area (TPSA) is 35.5 Å². The monoisotopic (exact) mass is 390 g/mol. The lowest BCUT2D eigenvalue weighted by atomic mass is 10.1. The van der Waals surface area contributed by atoms with Crippen LogP contribution in [0.4, 0.5) is 0 Å². The number of para-hydroxylation sites is 1. The Kier molecular flexibility index (Phi) is 5.59. The summed E-state index contributed by atoms with van der Waals surface area (Å²) in [6.07, 6.45) is 0. The van der Waals surface area contributed by atoms with E-state index in [2.05, 4.69) is 0 Å². The molecule has 0 heterocycles. The average Bonchev–Trinajstić information content (AvgIpc) is 3.22. The first-order valence-electron chi connectivity index (χ1n) is 8.37. The molecule has 1 saturated carbocycles. The van der Waals surface area contributed by atoms with E-state index in [0.29, 0.717) is 10.8 Å². The third-order valence-electron chi connectivity index (χ3n) is 4.74. The second-order valence-corrected chi connectivity index (χ2v) is 7.60. The van der Waals surface area contributed by atoms with Gasteiger partial charge < -0.3 is 9.47 Å². The van der Waals surface area contributed by atoms with Crippen LogP contribution in [-0.2, 0) is 16.1 Å². The molecule has 3 rings (SSSR count). The van der Waals surface area contributed by atoms with Crippen molar-refractivity contribution >= 4 is 29.2 Å². The van der Waals surface area contributed by atoms with Gasteiger partial charge >= 0.3 is 5.97 Å². The molecular formula is C21H20Cl2O3. The molecule has 0 N–H and O–H groups in total. The summed E-state index contributed by atoms with van der Waals surface area (Å²) in [5.41, 5.74) is 1.95. The van der Waals surface area contributed by atoms with Gasteiger partial charge in [-0.05, 0) is 35.2 Å². The smallest absolute Gasteiger partial charge is 0.310 e. The first kappa shape index (κ1) is 18.8. The molecule has 0 bridgehead atoms. The summed E-state index contributed by atoms with van der Waals surface area (Å²) in [6.45, 7) is 4.16. The van der Waals surface area contributed by atoms with Crippen molar-refractivity contribution in [1.29, 1.82) is 0 Å². The van der Waals surface area contributed by atoms with Crippen LogP contribution in [0.3, 0.4) is 0 Å². The fraction of sp³-hybridized carbons (Fsp3) is 0.286. The normalized spacial score (nSPS) is 21.2. The lowest BCUT2D eigenvalue weighted by Crippen LogP contribution is -2.10. The summed E-state index contributed by atoms with van der Waals surface area (Å²) in [4.78, 5) is 12.4. The van der Waals surface area contributed by atoms with Gasteiger partial charge in [0.05, 0.1) is 5.92 Å². The highest BCUT2D eigenvalue weighted by molar-refractivity contribution is 6.37. The van der Waals surface area contributed by atoms with E-state index < -0.39 is 0 Å². The van der Waals surface area contributed by atoms with E-state index in [-0.39, 0.29) is 29.8 Å². The number of halogens is 2. The molecule has 2 atom stereocenters. The van der Waals surface area contributed by atoms with Crippen LogP contribution < -0.4 is 4.74 Å². The van der Waals surface area contributed by atoms with Crippen LogP contribution in [0.25, 0.3) is 0 Å². The zero-order valence-corrected chi connectivity index (χ0v) is 16.1. The van der Waals surface area contributed by atoms with Crippen LogP contribution in [0.5, 0.6) is 11.5 Å². The largest absolute Gasteiger partial charge is 0.461 e. The highest BCUT2D eigenvalue weighted by Gasteiger charge is 2.64. The predicted molar refractivity (Wildman–Crippen MR) is 103 cm³/mol. The van der Waals surface area contributed by atoms with Gasteiger partial charge in [-0.1, -0.05) is 67.4 Å². The molecule has 0 saturated heterocycles. The zero-order chi connectivity index (χ0) is 18.7. The number of esters is 1. The summed E-state index contributed by atoms with van der Waals surface area (Å²) < 4.78 is 11.3. The minimum absolute atomic E-state index is 0.0816. The van der Waals surface area contributed by atoms with Gasteiger partial charge in [0.1, 0.15) is 18.1 Å². The van der Waals surface area contributed by atoms with Crippen molar-refractivity contribution < 1.29 is 14.3 Å². The van der Waals surface area contributed by atoms with Crippen LogP contribution in [0.1, 0.15) is 19.4 Å². The fourth-order valence-electron chi connectivity index (χ4n) is 3.23. The number of carbonyl (C=O) groups is 1. The Morgan fingerprint density at radius 2 is 1.77 bits per heavy atom. The number of hydrogen-bond donors (Lipinski definition) is 0. The summed E-state index contributed by atoms with van der Waals surface area (Å²) in [7, 11) is 0. The molecule has 1 fully saturated rings. The Balaban J connectivity index is 1.60. The molecule has 0 aromatic heterocycles. The van der Waals surface area contributed by atoms with E-state index in [1.807, 2.05) is 68.4 Å². The van der Waals surface area contributed by atoms with Gasteiger partial charge in [-0.25, -0.2) is 0 Å². The van der Waals surface area contributed by atoms with Crippen molar-refractivity contribution in [3.63, 3.8) is 0 Å². The minimum Gasteiger partial charge on any atom is -0.461 e. The molecule has 0 spiro atoms. The van der Waals surface area contributed by atoms with Crippen molar-refractivity contribution in [2.75, 3.05) is 0 Å². The molecule has 0 radical (unpaired) electrons. The lowest BCUT2D eigenvalue weighted by Gasteiger charge is -2.09. The maximum atomic E-state index is 12.4. The standard InChI is InChI=1S/C21H20Cl2O3/c1-21(2)18(17(23)12-22)19(21)20(24)25-13-14-7-6-10-16(11-14)26-15-8-4-3-5-9-15/h3-12,18-19H,13H2,1-2H3. The molecule has 1 aliphatic rings. The minimum atomic E-state index is -0.270. The van der Waals surface area contributed by atoms with Gasteiger partial charge in [-0.3, -0.25) is 4.79 Å². The molecule has 2 aromatic carbocycles. The molecule has 136 valence electrons. The summed E-state index contributed by atoms with van der Waals surface area (Å²) in [5, 5.41) is 0.497. The second kappa shape index (κ2) is 7.73. The second-order valence-electron chi connectivity index (χ2n) is 6.94. The molecule has 0 amide bonds. The van der Waals surface area contributed by atoms with Crippen molar-refractivity contribution in [1.82, 2.24) is 0 Å². The van der Waals surface area contributed by atoms with Crippen molar-refractivity contribution in [3.8, 4) is 11.5 Å². The lowest BCUT2D eigenvalue weighted by molar-refractivity contribution is -0.147. The average molecular weight is 391 g/mol. The number of allylic oxidation sites excluding steroid dienone is 1. The summed E-state index contributed by atoms with van der Waals surface area (Å²) in [5.74, 6) is 0.843. The summed E-state index contributed by atoms with van der Waals surface area (Å²) in [6, 6.07) is 17.0. The molecule has 26 heavy (non-hydrogen) atoms. The molecular weight excluding hydrogens is 371 g/mol. The Morgan fingerprint density at radius 1 is 1.08 bits per heavy atom. The van der Waals surface area contributed by atoms with E-state index in [1.54, 1.807) is 0 Å². The third-order valence-corrected chi connectivity index (χ3v) is 5.43. The van der Waals surface area contributed by atoms with E-state index in [1.165, 1.54) is 5.54 Å². The van der Waals surface area contributed by atoms with Crippen LogP contribution in [-0.4, -0.2) is 5.97 Å². The highest BCUT2D eigenvalue weighted by atomic mass is 35.5. The quantitative estimate of drug-likeness (QED) is 0.557. The van der Waals surface area contributed by atoms with Crippen LogP contribution in [0, 0.1) is 17.3 Å². The number of carbonyl (C=O) groups excluding carboxylic acids is 1. The molecule has 5 heteroatoms. The highest BCUT2D eigenvalue weighted by Crippen LogP contribution is 2.63. The zero-order valence-electron chi connectivity index (χ0n) is 14.6. The van der Waals surface area contributed by atoms with Crippen LogP contribution in [0.2, 0.25) is 0 Å². The Bertz CT molecular complexity index is 815. The maximum absolute atomic E-state index is 12.4. The SMILES string of the molecule is CC1(C)C(C(=O)OCc2cccc(Oc3ccccc3)c2)C1C(Cl)=CCl. The Morgan fingerprint density at radius 3 is 2.46 bits per heavy atom. The number of rotatable bonds is 6. The van der Waals surface area contributed by atoms with E-state index in [4.69, 9.17) is 32.7 Å². The van der Waals surface area contributed by atoms with Gasteiger partial charge in [0, 0.05) is 16.5 Å².